The Morgan fingerprint density at radius 1 is 1.16 bits per heavy atom. The Hall–Kier alpha value is -1.26. The van der Waals surface area contributed by atoms with E-state index in [4.69, 9.17) is 10.5 Å². The Labute approximate surface area is 115 Å². The molecule has 0 unspecified atom stereocenters. The van der Waals surface area contributed by atoms with Crippen molar-refractivity contribution in [1.29, 1.82) is 0 Å². The van der Waals surface area contributed by atoms with E-state index >= 15 is 0 Å². The maximum atomic E-state index is 11.8. The Bertz CT molecular complexity index is 315. The number of rotatable bonds is 3. The highest BCUT2D eigenvalue weighted by atomic mass is 16.6. The van der Waals surface area contributed by atoms with Gasteiger partial charge in [-0.3, -0.25) is 4.79 Å². The van der Waals surface area contributed by atoms with Crippen molar-refractivity contribution in [3.05, 3.63) is 0 Å². The number of hydrogen-bond donors (Lipinski definition) is 2. The second kappa shape index (κ2) is 6.78. The Morgan fingerprint density at radius 2 is 1.68 bits per heavy atom. The van der Waals surface area contributed by atoms with Gasteiger partial charge in [0.1, 0.15) is 11.6 Å². The topological polar surface area (TPSA) is 81.4 Å². The molecule has 19 heavy (non-hydrogen) atoms. The average molecular weight is 270 g/mol. The smallest absolute Gasteiger partial charge is 0.408 e. The van der Waals surface area contributed by atoms with Crippen molar-refractivity contribution in [3.8, 4) is 0 Å². The Kier molecular flexibility index (Phi) is 5.63. The molecule has 0 aromatic carbocycles. The molecule has 1 saturated carbocycles. The molecule has 0 aromatic rings. The van der Waals surface area contributed by atoms with Gasteiger partial charge in [0.25, 0.3) is 0 Å². The van der Waals surface area contributed by atoms with Crippen LogP contribution in [0.5, 0.6) is 0 Å². The second-order valence-electron chi connectivity index (χ2n) is 6.28. The van der Waals surface area contributed by atoms with Crippen LogP contribution in [0, 0.1) is 5.92 Å². The van der Waals surface area contributed by atoms with Crippen LogP contribution in [-0.2, 0) is 9.53 Å². The Balaban J connectivity index is 2.61. The van der Waals surface area contributed by atoms with Crippen LogP contribution in [0.4, 0.5) is 4.79 Å². The summed E-state index contributed by atoms with van der Waals surface area (Å²) in [6.07, 6.45) is 5.85. The molecule has 2 amide bonds. The number of nitrogens with one attached hydrogen (secondary N) is 1. The first-order valence-corrected chi connectivity index (χ1v) is 7.08. The van der Waals surface area contributed by atoms with E-state index in [2.05, 4.69) is 5.32 Å². The van der Waals surface area contributed by atoms with Crippen LogP contribution in [0.15, 0.2) is 0 Å². The lowest BCUT2D eigenvalue weighted by Crippen LogP contribution is -2.50. The molecule has 0 bridgehead atoms. The number of primary amides is 1. The summed E-state index contributed by atoms with van der Waals surface area (Å²) in [6.45, 7) is 5.37. The molecule has 0 radical (unpaired) electrons. The normalized spacial score (nSPS) is 19.3. The molecule has 5 nitrogen and oxygen atoms in total. The predicted octanol–water partition coefficient (Wildman–Crippen LogP) is 2.34. The molecule has 0 heterocycles. The molecule has 0 aliphatic heterocycles. The SMILES string of the molecule is CC(C)(C)OC(=O)N[C@H](C(N)=O)C1CCCCCC1. The first kappa shape index (κ1) is 15.8. The highest BCUT2D eigenvalue weighted by molar-refractivity contribution is 5.84. The summed E-state index contributed by atoms with van der Waals surface area (Å²) < 4.78 is 5.18. The number of amides is 2. The molecular weight excluding hydrogens is 244 g/mol. The standard InChI is InChI=1S/C14H26N2O3/c1-14(2,3)19-13(18)16-11(12(15)17)10-8-6-4-5-7-9-10/h10-11H,4-9H2,1-3H3,(H2,15,17)(H,16,18)/t11-/m0/s1. The summed E-state index contributed by atoms with van der Waals surface area (Å²) in [5, 5.41) is 2.63. The molecule has 1 aliphatic carbocycles. The average Bonchev–Trinajstić information content (AvgIpc) is 2.51. The molecule has 1 aliphatic rings. The van der Waals surface area contributed by atoms with Crippen molar-refractivity contribution in [3.63, 3.8) is 0 Å². The predicted molar refractivity (Wildman–Crippen MR) is 73.5 cm³/mol. The number of carbonyl (C=O) groups is 2. The summed E-state index contributed by atoms with van der Waals surface area (Å²) in [6, 6.07) is -0.618. The minimum atomic E-state index is -0.618. The summed E-state index contributed by atoms with van der Waals surface area (Å²) in [5.74, 6) is -0.342. The van der Waals surface area contributed by atoms with Gasteiger partial charge in [-0.05, 0) is 39.5 Å². The minimum Gasteiger partial charge on any atom is -0.444 e. The fourth-order valence-electron chi connectivity index (χ4n) is 2.50. The van der Waals surface area contributed by atoms with Crippen molar-refractivity contribution >= 4 is 12.0 Å². The summed E-state index contributed by atoms with van der Waals surface area (Å²) >= 11 is 0. The van der Waals surface area contributed by atoms with Crippen molar-refractivity contribution in [2.24, 2.45) is 11.7 Å². The van der Waals surface area contributed by atoms with Crippen LogP contribution >= 0.6 is 0 Å². The third-order valence-electron chi connectivity index (χ3n) is 3.35. The molecule has 1 atom stereocenters. The molecule has 0 aromatic heterocycles. The number of nitrogens with two attached hydrogens (primary N) is 1. The van der Waals surface area contributed by atoms with Crippen molar-refractivity contribution in [1.82, 2.24) is 5.32 Å². The zero-order valence-corrected chi connectivity index (χ0v) is 12.2. The first-order valence-electron chi connectivity index (χ1n) is 7.08. The van der Waals surface area contributed by atoms with Gasteiger partial charge in [0.15, 0.2) is 0 Å². The van der Waals surface area contributed by atoms with Gasteiger partial charge in [0, 0.05) is 0 Å². The van der Waals surface area contributed by atoms with E-state index in [9.17, 15) is 9.59 Å². The van der Waals surface area contributed by atoms with Crippen LogP contribution in [-0.4, -0.2) is 23.6 Å². The third-order valence-corrected chi connectivity index (χ3v) is 3.35. The molecule has 1 fully saturated rings. The fourth-order valence-corrected chi connectivity index (χ4v) is 2.50. The van der Waals surface area contributed by atoms with E-state index in [0.29, 0.717) is 0 Å². The van der Waals surface area contributed by atoms with Crippen LogP contribution < -0.4 is 11.1 Å². The summed E-state index contributed by atoms with van der Waals surface area (Å²) in [4.78, 5) is 23.3. The van der Waals surface area contributed by atoms with E-state index in [0.717, 1.165) is 25.7 Å². The van der Waals surface area contributed by atoms with E-state index in [1.54, 1.807) is 20.8 Å². The molecular formula is C14H26N2O3. The van der Waals surface area contributed by atoms with E-state index in [-0.39, 0.29) is 5.92 Å². The van der Waals surface area contributed by atoms with Gasteiger partial charge in [0.2, 0.25) is 5.91 Å². The lowest BCUT2D eigenvalue weighted by atomic mass is 9.91. The largest absolute Gasteiger partial charge is 0.444 e. The van der Waals surface area contributed by atoms with E-state index in [1.807, 2.05) is 0 Å². The van der Waals surface area contributed by atoms with Crippen molar-refractivity contribution in [2.75, 3.05) is 0 Å². The van der Waals surface area contributed by atoms with Gasteiger partial charge in [0.05, 0.1) is 0 Å². The summed E-state index contributed by atoms with van der Waals surface area (Å²) in [5.41, 5.74) is 4.85. The van der Waals surface area contributed by atoms with Gasteiger partial charge in [-0.25, -0.2) is 4.79 Å². The summed E-state index contributed by atoms with van der Waals surface area (Å²) in [7, 11) is 0. The molecule has 1 rings (SSSR count). The minimum absolute atomic E-state index is 0.132. The van der Waals surface area contributed by atoms with Crippen LogP contribution in [0.25, 0.3) is 0 Å². The van der Waals surface area contributed by atoms with Gasteiger partial charge in [-0.1, -0.05) is 25.7 Å². The fraction of sp³-hybridized carbons (Fsp3) is 0.857. The van der Waals surface area contributed by atoms with Crippen LogP contribution in [0.3, 0.4) is 0 Å². The Morgan fingerprint density at radius 3 is 2.11 bits per heavy atom. The first-order chi connectivity index (χ1) is 8.79. The van der Waals surface area contributed by atoms with Gasteiger partial charge >= 0.3 is 6.09 Å². The lowest BCUT2D eigenvalue weighted by Gasteiger charge is -2.26. The monoisotopic (exact) mass is 270 g/mol. The van der Waals surface area contributed by atoms with Crippen molar-refractivity contribution < 1.29 is 14.3 Å². The van der Waals surface area contributed by atoms with Crippen molar-refractivity contribution in [2.45, 2.75) is 70.9 Å². The van der Waals surface area contributed by atoms with Gasteiger partial charge in [-0.2, -0.15) is 0 Å². The number of alkyl carbamates (subject to hydrolysis) is 1. The third kappa shape index (κ3) is 5.94. The second-order valence-corrected chi connectivity index (χ2v) is 6.28. The van der Waals surface area contributed by atoms with Gasteiger partial charge in [-0.15, -0.1) is 0 Å². The molecule has 0 spiro atoms. The van der Waals surface area contributed by atoms with Crippen LogP contribution in [0.1, 0.15) is 59.3 Å². The molecule has 110 valence electrons. The maximum Gasteiger partial charge on any atom is 0.408 e. The molecule has 5 heteroatoms. The maximum absolute atomic E-state index is 11.8. The highest BCUT2D eigenvalue weighted by Gasteiger charge is 2.30. The number of carbonyl (C=O) groups excluding carboxylic acids is 2. The van der Waals surface area contributed by atoms with Gasteiger partial charge < -0.3 is 15.8 Å². The highest BCUT2D eigenvalue weighted by Crippen LogP contribution is 2.25. The molecule has 0 saturated heterocycles. The lowest BCUT2D eigenvalue weighted by molar-refractivity contribution is -0.121. The van der Waals surface area contributed by atoms with Crippen LogP contribution in [0.2, 0.25) is 0 Å². The quantitative estimate of drug-likeness (QED) is 0.772. The van der Waals surface area contributed by atoms with E-state index < -0.39 is 23.6 Å². The number of hydrogen-bond acceptors (Lipinski definition) is 3. The van der Waals surface area contributed by atoms with E-state index in [1.165, 1.54) is 12.8 Å². The zero-order chi connectivity index (χ0) is 14.5. The molecule has 3 N–H and O–H groups in total. The zero-order valence-electron chi connectivity index (χ0n) is 12.2. The number of ether oxygens (including phenoxy) is 1.